The minimum atomic E-state index is -1.32. The second-order valence-electron chi connectivity index (χ2n) is 5.67. The van der Waals surface area contributed by atoms with Gasteiger partial charge in [0.2, 0.25) is 11.5 Å². The summed E-state index contributed by atoms with van der Waals surface area (Å²) in [5.41, 5.74) is 0.0353. The molecule has 2 aromatic rings. The Balaban J connectivity index is 2.07. The molecule has 0 N–H and O–H groups in total. The van der Waals surface area contributed by atoms with Crippen molar-refractivity contribution in [2.75, 3.05) is 11.5 Å². The topological polar surface area (TPSA) is 91.0 Å². The zero-order valence-electron chi connectivity index (χ0n) is 13.8. The van der Waals surface area contributed by atoms with Crippen molar-refractivity contribution < 1.29 is 19.2 Å². The molecule has 1 heterocycles. The van der Waals surface area contributed by atoms with E-state index in [1.165, 1.54) is 19.2 Å². The Labute approximate surface area is 163 Å². The highest BCUT2D eigenvalue weighted by Gasteiger charge is 2.54. The van der Waals surface area contributed by atoms with Crippen molar-refractivity contribution in [1.29, 1.82) is 0 Å². The van der Waals surface area contributed by atoms with E-state index in [1.807, 2.05) is 30.3 Å². The fraction of sp³-hybridized carbons (Fsp3) is 0.222. The molecule has 0 aromatic heterocycles. The van der Waals surface area contributed by atoms with Gasteiger partial charge in [0, 0.05) is 17.7 Å². The molecule has 0 fully saturated rings. The van der Waals surface area contributed by atoms with Crippen LogP contribution in [-0.2, 0) is 14.3 Å². The van der Waals surface area contributed by atoms with Crippen LogP contribution in [0, 0.1) is 10.1 Å². The van der Waals surface area contributed by atoms with Gasteiger partial charge in [-0.25, -0.2) is 9.79 Å². The third-order valence-corrected chi connectivity index (χ3v) is 5.27. The van der Waals surface area contributed by atoms with E-state index < -0.39 is 22.5 Å². The molecule has 8 heteroatoms. The van der Waals surface area contributed by atoms with Crippen molar-refractivity contribution in [2.24, 2.45) is 4.99 Å². The molecule has 2 atom stereocenters. The van der Waals surface area contributed by atoms with Gasteiger partial charge in [0.05, 0.1) is 16.5 Å². The first-order chi connectivity index (χ1) is 12.5. The zero-order chi connectivity index (χ0) is 18.7. The van der Waals surface area contributed by atoms with E-state index in [0.717, 1.165) is 5.56 Å². The first-order valence-corrected chi connectivity index (χ1v) is 9.25. The smallest absolute Gasteiger partial charge is 0.353 e. The van der Waals surface area contributed by atoms with Gasteiger partial charge in [-0.05, 0) is 29.8 Å². The van der Waals surface area contributed by atoms with Gasteiger partial charge in [-0.2, -0.15) is 0 Å². The van der Waals surface area contributed by atoms with Gasteiger partial charge >= 0.3 is 5.97 Å². The number of rotatable bonds is 5. The number of alkyl halides is 1. The number of aliphatic imine (C=N–C) groups is 1. The van der Waals surface area contributed by atoms with Crippen molar-refractivity contribution >= 4 is 40.1 Å². The number of carbonyl (C=O) groups is 1. The number of carbonyl (C=O) groups excluding carboxylic acids is 1. The molecule has 0 aliphatic carbocycles. The second-order valence-corrected chi connectivity index (χ2v) is 6.43. The van der Waals surface area contributed by atoms with Crippen LogP contribution in [0.4, 0.5) is 5.69 Å². The van der Waals surface area contributed by atoms with E-state index in [1.54, 1.807) is 12.1 Å². The molecule has 1 aliphatic heterocycles. The second kappa shape index (κ2) is 7.40. The van der Waals surface area contributed by atoms with Crippen LogP contribution in [-0.4, -0.2) is 33.9 Å². The molecule has 0 bridgehead atoms. The maximum absolute atomic E-state index is 12.6. The van der Waals surface area contributed by atoms with Crippen LogP contribution in [0.2, 0.25) is 0 Å². The predicted octanol–water partition coefficient (Wildman–Crippen LogP) is 3.46. The molecule has 0 unspecified atom stereocenters. The zero-order valence-corrected chi connectivity index (χ0v) is 16.0. The molecule has 134 valence electrons. The minimum Gasteiger partial charge on any atom is -0.466 e. The third kappa shape index (κ3) is 3.16. The van der Waals surface area contributed by atoms with E-state index in [4.69, 9.17) is 9.47 Å². The van der Waals surface area contributed by atoms with Crippen LogP contribution >= 0.6 is 22.6 Å². The Morgan fingerprint density at radius 1 is 1.27 bits per heavy atom. The normalized spacial score (nSPS) is 21.6. The lowest BCUT2D eigenvalue weighted by Crippen LogP contribution is -2.46. The predicted molar refractivity (Wildman–Crippen MR) is 104 cm³/mol. The van der Waals surface area contributed by atoms with Gasteiger partial charge in [0.1, 0.15) is 6.04 Å². The fourth-order valence-electron chi connectivity index (χ4n) is 2.79. The highest BCUT2D eigenvalue weighted by atomic mass is 127. The minimum absolute atomic E-state index is 0.0296. The summed E-state index contributed by atoms with van der Waals surface area (Å²) in [6, 6.07) is 14.6. The number of methoxy groups -OCH3 is 1. The number of ether oxygens (including phenoxy) is 2. The number of benzene rings is 2. The molecule has 0 saturated heterocycles. The number of nitro benzene ring substituents is 1. The van der Waals surface area contributed by atoms with E-state index in [9.17, 15) is 14.9 Å². The van der Waals surface area contributed by atoms with Crippen molar-refractivity contribution in [3.63, 3.8) is 0 Å². The van der Waals surface area contributed by atoms with Crippen LogP contribution in [0.5, 0.6) is 0 Å². The molecular formula is C18H15IN2O5. The number of hydrogen-bond donors (Lipinski definition) is 0. The molecule has 0 spiro atoms. The number of esters is 1. The summed E-state index contributed by atoms with van der Waals surface area (Å²) in [6.45, 7) is 0. The summed E-state index contributed by atoms with van der Waals surface area (Å²) in [4.78, 5) is 27.6. The number of nitro groups is 1. The van der Waals surface area contributed by atoms with Gasteiger partial charge in [-0.1, -0.05) is 40.8 Å². The summed E-state index contributed by atoms with van der Waals surface area (Å²) in [7, 11) is 1.30. The van der Waals surface area contributed by atoms with Gasteiger partial charge in [0.25, 0.3) is 5.69 Å². The van der Waals surface area contributed by atoms with E-state index in [-0.39, 0.29) is 5.69 Å². The molecule has 0 radical (unpaired) electrons. The lowest BCUT2D eigenvalue weighted by Gasteiger charge is -2.29. The molecule has 1 aliphatic rings. The standard InChI is InChI=1S/C18H15IN2O5/c1-25-17(22)18(11-19)15(12-7-9-14(10-8-12)21(23)24)20-16(26-18)13-5-3-2-4-6-13/h2-10,15H,11H2,1H3/t15-,18+/m0/s1. The maximum Gasteiger partial charge on any atom is 0.353 e. The summed E-state index contributed by atoms with van der Waals surface area (Å²) in [5.74, 6) is -0.194. The Kier molecular flexibility index (Phi) is 5.21. The lowest BCUT2D eigenvalue weighted by atomic mass is 9.91. The van der Waals surface area contributed by atoms with Gasteiger partial charge in [-0.3, -0.25) is 10.1 Å². The molecule has 0 saturated carbocycles. The average Bonchev–Trinajstić information content (AvgIpc) is 3.09. The van der Waals surface area contributed by atoms with Crippen LogP contribution < -0.4 is 0 Å². The highest BCUT2D eigenvalue weighted by molar-refractivity contribution is 14.1. The molecule has 26 heavy (non-hydrogen) atoms. The lowest BCUT2D eigenvalue weighted by molar-refractivity contribution is -0.384. The van der Waals surface area contributed by atoms with Crippen molar-refractivity contribution in [2.45, 2.75) is 11.6 Å². The summed E-state index contributed by atoms with van der Waals surface area (Å²) in [5, 5.41) is 10.9. The Bertz CT molecular complexity index is 854. The number of nitrogens with zero attached hydrogens (tertiary/aromatic N) is 2. The maximum atomic E-state index is 12.6. The third-order valence-electron chi connectivity index (χ3n) is 4.14. The highest BCUT2D eigenvalue weighted by Crippen LogP contribution is 2.42. The largest absolute Gasteiger partial charge is 0.466 e. The van der Waals surface area contributed by atoms with Crippen molar-refractivity contribution in [3.05, 3.63) is 75.8 Å². The monoisotopic (exact) mass is 466 g/mol. The van der Waals surface area contributed by atoms with Crippen LogP contribution in [0.25, 0.3) is 0 Å². The van der Waals surface area contributed by atoms with Gasteiger partial charge in [-0.15, -0.1) is 0 Å². The first-order valence-electron chi connectivity index (χ1n) is 7.73. The number of hydrogen-bond acceptors (Lipinski definition) is 6. The SMILES string of the molecule is COC(=O)[C@]1(CI)OC(c2ccccc2)=N[C@H]1c1ccc([N+](=O)[O-])cc1. The number of halogens is 1. The van der Waals surface area contributed by atoms with Gasteiger partial charge in [0.15, 0.2) is 0 Å². The number of non-ortho nitro benzene ring substituents is 1. The fourth-order valence-corrected chi connectivity index (χ4v) is 3.68. The Hall–Kier alpha value is -2.49. The molecule has 7 nitrogen and oxygen atoms in total. The summed E-state index contributed by atoms with van der Waals surface area (Å²) >= 11 is 2.06. The van der Waals surface area contributed by atoms with E-state index in [2.05, 4.69) is 27.6 Å². The van der Waals surface area contributed by atoms with Crippen LogP contribution in [0.1, 0.15) is 17.2 Å². The first kappa shape index (κ1) is 18.3. The molecule has 0 amide bonds. The van der Waals surface area contributed by atoms with Crippen LogP contribution in [0.15, 0.2) is 59.6 Å². The summed E-state index contributed by atoms with van der Waals surface area (Å²) < 4.78 is 11.3. The van der Waals surface area contributed by atoms with E-state index in [0.29, 0.717) is 15.9 Å². The molecular weight excluding hydrogens is 451 g/mol. The quantitative estimate of drug-likeness (QED) is 0.221. The Morgan fingerprint density at radius 2 is 1.92 bits per heavy atom. The molecule has 3 rings (SSSR count). The van der Waals surface area contributed by atoms with Crippen molar-refractivity contribution in [3.8, 4) is 0 Å². The van der Waals surface area contributed by atoms with Crippen LogP contribution in [0.3, 0.4) is 0 Å². The van der Waals surface area contributed by atoms with Crippen molar-refractivity contribution in [1.82, 2.24) is 0 Å². The molecule has 2 aromatic carbocycles. The summed E-state index contributed by atoms with van der Waals surface area (Å²) in [6.07, 6.45) is 0. The average molecular weight is 466 g/mol. The van der Waals surface area contributed by atoms with E-state index >= 15 is 0 Å². The van der Waals surface area contributed by atoms with Gasteiger partial charge < -0.3 is 9.47 Å². The Morgan fingerprint density at radius 3 is 2.46 bits per heavy atom.